The number of ether oxygens (including phenoxy) is 2. The second-order valence-corrected chi connectivity index (χ2v) is 4.53. The van der Waals surface area contributed by atoms with Crippen LogP contribution in [-0.4, -0.2) is 19.0 Å². The van der Waals surface area contributed by atoms with Gasteiger partial charge in [0.15, 0.2) is 12.1 Å². The van der Waals surface area contributed by atoms with Gasteiger partial charge in [0.2, 0.25) is 0 Å². The summed E-state index contributed by atoms with van der Waals surface area (Å²) in [6, 6.07) is 12.6. The second-order valence-electron chi connectivity index (χ2n) is 4.53. The number of halogens is 1. The molecule has 0 unspecified atom stereocenters. The fourth-order valence-electron chi connectivity index (χ4n) is 2.15. The Morgan fingerprint density at radius 1 is 1.00 bits per heavy atom. The van der Waals surface area contributed by atoms with Crippen LogP contribution >= 0.6 is 0 Å². The van der Waals surface area contributed by atoms with Crippen molar-refractivity contribution < 1.29 is 18.7 Å². The van der Waals surface area contributed by atoms with Gasteiger partial charge in [-0.25, -0.2) is 4.39 Å². The Kier molecular flexibility index (Phi) is 3.58. The van der Waals surface area contributed by atoms with Crippen LogP contribution in [0, 0.1) is 5.82 Å². The topological polar surface area (TPSA) is 35.5 Å². The minimum atomic E-state index is -0.407. The molecule has 1 saturated heterocycles. The van der Waals surface area contributed by atoms with Crippen molar-refractivity contribution in [3.8, 4) is 0 Å². The van der Waals surface area contributed by atoms with Crippen molar-refractivity contribution in [1.82, 2.24) is 0 Å². The molecule has 3 nitrogen and oxygen atoms in total. The molecule has 0 spiro atoms. The molecule has 0 radical (unpaired) electrons. The van der Waals surface area contributed by atoms with Crippen LogP contribution in [0.5, 0.6) is 0 Å². The zero-order valence-electron chi connectivity index (χ0n) is 10.7. The first-order chi connectivity index (χ1) is 9.74. The zero-order valence-corrected chi connectivity index (χ0v) is 10.7. The molecule has 20 heavy (non-hydrogen) atoms. The highest BCUT2D eigenvalue weighted by atomic mass is 19.1. The van der Waals surface area contributed by atoms with E-state index in [1.54, 1.807) is 18.2 Å². The molecular formula is C16H13FO3. The van der Waals surface area contributed by atoms with Gasteiger partial charge in [-0.1, -0.05) is 18.2 Å². The lowest BCUT2D eigenvalue weighted by atomic mass is 10.0. The van der Waals surface area contributed by atoms with Crippen molar-refractivity contribution in [2.24, 2.45) is 0 Å². The van der Waals surface area contributed by atoms with Crippen molar-refractivity contribution in [1.29, 1.82) is 0 Å². The van der Waals surface area contributed by atoms with Crippen molar-refractivity contribution in [2.75, 3.05) is 13.2 Å². The quantitative estimate of drug-likeness (QED) is 0.805. The van der Waals surface area contributed by atoms with Gasteiger partial charge in [0.1, 0.15) is 5.82 Å². The first-order valence-electron chi connectivity index (χ1n) is 6.37. The van der Waals surface area contributed by atoms with Crippen LogP contribution in [0.25, 0.3) is 0 Å². The standard InChI is InChI=1S/C16H13FO3/c17-14-6-4-11(5-7-14)15(18)12-2-1-3-13(10-12)16-19-8-9-20-16/h1-7,10,16H,8-9H2. The molecule has 0 aliphatic carbocycles. The highest BCUT2D eigenvalue weighted by molar-refractivity contribution is 6.09. The first-order valence-corrected chi connectivity index (χ1v) is 6.37. The lowest BCUT2D eigenvalue weighted by Gasteiger charge is -2.10. The molecule has 2 aromatic rings. The zero-order chi connectivity index (χ0) is 13.9. The van der Waals surface area contributed by atoms with Gasteiger partial charge in [-0.2, -0.15) is 0 Å². The Bertz CT molecular complexity index is 616. The smallest absolute Gasteiger partial charge is 0.193 e. The van der Waals surface area contributed by atoms with Gasteiger partial charge in [0.25, 0.3) is 0 Å². The molecule has 4 heteroatoms. The fraction of sp³-hybridized carbons (Fsp3) is 0.188. The minimum Gasteiger partial charge on any atom is -0.346 e. The van der Waals surface area contributed by atoms with Gasteiger partial charge in [0, 0.05) is 16.7 Å². The third-order valence-corrected chi connectivity index (χ3v) is 3.15. The van der Waals surface area contributed by atoms with E-state index in [-0.39, 0.29) is 11.6 Å². The third-order valence-electron chi connectivity index (χ3n) is 3.15. The van der Waals surface area contributed by atoms with E-state index in [9.17, 15) is 9.18 Å². The van der Waals surface area contributed by atoms with Crippen LogP contribution < -0.4 is 0 Å². The maximum absolute atomic E-state index is 12.9. The summed E-state index contributed by atoms with van der Waals surface area (Å²) < 4.78 is 23.7. The Morgan fingerprint density at radius 3 is 2.40 bits per heavy atom. The van der Waals surface area contributed by atoms with E-state index in [0.29, 0.717) is 24.3 Å². The molecule has 102 valence electrons. The summed E-state index contributed by atoms with van der Waals surface area (Å²) in [5.74, 6) is -0.507. The van der Waals surface area contributed by atoms with Crippen molar-refractivity contribution >= 4 is 5.78 Å². The highest BCUT2D eigenvalue weighted by Gasteiger charge is 2.19. The van der Waals surface area contributed by atoms with Gasteiger partial charge in [0.05, 0.1) is 13.2 Å². The lowest BCUT2D eigenvalue weighted by Crippen LogP contribution is -2.04. The summed E-state index contributed by atoms with van der Waals surface area (Å²) in [6.07, 6.45) is -0.407. The predicted octanol–water partition coefficient (Wildman–Crippen LogP) is 3.10. The lowest BCUT2D eigenvalue weighted by molar-refractivity contribution is -0.0441. The number of rotatable bonds is 3. The van der Waals surface area contributed by atoms with Crippen molar-refractivity contribution in [2.45, 2.75) is 6.29 Å². The van der Waals surface area contributed by atoms with Crippen LogP contribution in [0.15, 0.2) is 48.5 Å². The summed E-state index contributed by atoms with van der Waals surface area (Å²) in [4.78, 5) is 12.3. The van der Waals surface area contributed by atoms with Crippen molar-refractivity contribution in [3.05, 3.63) is 71.0 Å². The number of hydrogen-bond donors (Lipinski definition) is 0. The average molecular weight is 272 g/mol. The molecular weight excluding hydrogens is 259 g/mol. The maximum atomic E-state index is 12.9. The summed E-state index contributed by atoms with van der Waals surface area (Å²) in [5, 5.41) is 0. The summed E-state index contributed by atoms with van der Waals surface area (Å²) in [7, 11) is 0. The fourth-order valence-corrected chi connectivity index (χ4v) is 2.15. The second kappa shape index (κ2) is 5.53. The number of carbonyl (C=O) groups is 1. The SMILES string of the molecule is O=C(c1ccc(F)cc1)c1cccc(C2OCCO2)c1. The summed E-state index contributed by atoms with van der Waals surface area (Å²) in [5.41, 5.74) is 1.81. The van der Waals surface area contributed by atoms with Crippen LogP contribution in [0.4, 0.5) is 4.39 Å². The number of benzene rings is 2. The molecule has 0 bridgehead atoms. The Hall–Kier alpha value is -2.04. The monoisotopic (exact) mass is 272 g/mol. The summed E-state index contributed by atoms with van der Waals surface area (Å²) >= 11 is 0. The van der Waals surface area contributed by atoms with Gasteiger partial charge < -0.3 is 9.47 Å². The normalized spacial score (nSPS) is 15.4. The first kappa shape index (κ1) is 13.0. The summed E-state index contributed by atoms with van der Waals surface area (Å²) in [6.45, 7) is 1.11. The Morgan fingerprint density at radius 2 is 1.70 bits per heavy atom. The molecule has 1 aliphatic rings. The molecule has 0 N–H and O–H groups in total. The Balaban J connectivity index is 1.87. The maximum Gasteiger partial charge on any atom is 0.193 e. The third kappa shape index (κ3) is 2.61. The molecule has 0 atom stereocenters. The van der Waals surface area contributed by atoms with Gasteiger partial charge in [-0.3, -0.25) is 4.79 Å². The molecule has 2 aromatic carbocycles. The molecule has 1 heterocycles. The van der Waals surface area contributed by atoms with E-state index in [4.69, 9.17) is 9.47 Å². The van der Waals surface area contributed by atoms with Gasteiger partial charge >= 0.3 is 0 Å². The van der Waals surface area contributed by atoms with E-state index < -0.39 is 6.29 Å². The highest BCUT2D eigenvalue weighted by Crippen LogP contribution is 2.24. The van der Waals surface area contributed by atoms with Gasteiger partial charge in [-0.15, -0.1) is 0 Å². The van der Waals surface area contributed by atoms with E-state index in [0.717, 1.165) is 5.56 Å². The van der Waals surface area contributed by atoms with Crippen LogP contribution in [0.1, 0.15) is 27.8 Å². The van der Waals surface area contributed by atoms with E-state index in [1.165, 1.54) is 24.3 Å². The largest absolute Gasteiger partial charge is 0.346 e. The minimum absolute atomic E-state index is 0.148. The molecule has 0 aromatic heterocycles. The number of ketones is 1. The average Bonchev–Trinajstić information content (AvgIpc) is 3.02. The number of carbonyl (C=O) groups excluding carboxylic acids is 1. The molecule has 1 fully saturated rings. The van der Waals surface area contributed by atoms with Gasteiger partial charge in [-0.05, 0) is 30.3 Å². The van der Waals surface area contributed by atoms with Crippen LogP contribution in [0.2, 0.25) is 0 Å². The molecule has 0 amide bonds. The van der Waals surface area contributed by atoms with E-state index in [1.807, 2.05) is 6.07 Å². The molecule has 3 rings (SSSR count). The van der Waals surface area contributed by atoms with Crippen LogP contribution in [0.3, 0.4) is 0 Å². The number of hydrogen-bond acceptors (Lipinski definition) is 3. The van der Waals surface area contributed by atoms with E-state index in [2.05, 4.69) is 0 Å². The molecule has 0 saturated carbocycles. The molecule has 1 aliphatic heterocycles. The van der Waals surface area contributed by atoms with E-state index >= 15 is 0 Å². The van der Waals surface area contributed by atoms with Crippen LogP contribution in [-0.2, 0) is 9.47 Å². The van der Waals surface area contributed by atoms with Crippen molar-refractivity contribution in [3.63, 3.8) is 0 Å². The Labute approximate surface area is 115 Å². The predicted molar refractivity (Wildman–Crippen MR) is 70.9 cm³/mol.